The van der Waals surface area contributed by atoms with Crippen molar-refractivity contribution in [3.63, 3.8) is 0 Å². The minimum atomic E-state index is -1.07. The molecular weight excluding hydrogens is 610 g/mol. The van der Waals surface area contributed by atoms with Crippen molar-refractivity contribution in [2.75, 3.05) is 14.2 Å². The minimum absolute atomic E-state index is 0.0538. The number of hydrogen-bond donors (Lipinski definition) is 6. The van der Waals surface area contributed by atoms with E-state index < -0.39 is 11.6 Å². The Hall–Kier alpha value is -5.34. The predicted molar refractivity (Wildman–Crippen MR) is 176 cm³/mol. The van der Waals surface area contributed by atoms with Crippen molar-refractivity contribution in [2.24, 2.45) is 21.7 Å². The maximum atomic E-state index is 14.2. The molecule has 0 amide bonds. The summed E-state index contributed by atoms with van der Waals surface area (Å²) in [5.74, 6) is -1.74. The van der Waals surface area contributed by atoms with E-state index >= 15 is 0 Å². The van der Waals surface area contributed by atoms with Crippen molar-refractivity contribution >= 4 is 64.3 Å². The molecule has 0 aromatic heterocycles. The Kier molecular flexibility index (Phi) is 11.9. The van der Waals surface area contributed by atoms with Gasteiger partial charge >= 0.3 is 0 Å². The molecule has 0 radical (unpaired) electrons. The number of allylic oxidation sites excluding steroid dienone is 3. The van der Waals surface area contributed by atoms with Crippen molar-refractivity contribution in [1.82, 2.24) is 10.9 Å². The Morgan fingerprint density at radius 2 is 1.18 bits per heavy atom. The largest absolute Gasteiger partial charge is 0.504 e. The van der Waals surface area contributed by atoms with Crippen molar-refractivity contribution in [3.05, 3.63) is 101 Å². The average molecular weight is 639 g/mol. The van der Waals surface area contributed by atoms with Crippen LogP contribution in [0, 0.1) is 11.6 Å². The van der Waals surface area contributed by atoms with Gasteiger partial charge in [0.15, 0.2) is 44.9 Å². The maximum absolute atomic E-state index is 14.2. The van der Waals surface area contributed by atoms with Gasteiger partial charge in [-0.25, -0.2) is 8.78 Å². The molecule has 14 heteroatoms. The monoisotopic (exact) mass is 638 g/mol. The third-order valence-corrected chi connectivity index (χ3v) is 5.84. The van der Waals surface area contributed by atoms with Gasteiger partial charge in [0.25, 0.3) is 0 Å². The molecule has 3 aromatic rings. The number of nitrogens with zero attached hydrogens (tertiary/aromatic N) is 2. The number of nitrogens with one attached hydrogen (secondary N) is 2. The smallest absolute Gasteiger partial charge is 0.184 e. The zero-order valence-corrected chi connectivity index (χ0v) is 25.0. The first kappa shape index (κ1) is 33.2. The van der Waals surface area contributed by atoms with Gasteiger partial charge < -0.3 is 31.2 Å². The van der Waals surface area contributed by atoms with E-state index in [2.05, 4.69) is 21.1 Å². The summed E-state index contributed by atoms with van der Waals surface area (Å²) in [7, 11) is 2.83. The number of phenols is 2. The van der Waals surface area contributed by atoms with Gasteiger partial charge in [0.1, 0.15) is 0 Å². The van der Waals surface area contributed by atoms with Gasteiger partial charge in [0.2, 0.25) is 0 Å². The van der Waals surface area contributed by atoms with Crippen LogP contribution in [0.15, 0.2) is 82.5 Å². The fourth-order valence-corrected chi connectivity index (χ4v) is 3.69. The van der Waals surface area contributed by atoms with Gasteiger partial charge in [0.05, 0.1) is 25.6 Å². The average Bonchev–Trinajstić information content (AvgIpc) is 2.99. The number of ether oxygens (including phenoxy) is 2. The fraction of sp³-hybridized carbons (Fsp3) is 0.0667. The van der Waals surface area contributed by atoms with Gasteiger partial charge in [0, 0.05) is 5.57 Å². The summed E-state index contributed by atoms with van der Waals surface area (Å²) in [4.78, 5) is 0. The van der Waals surface area contributed by atoms with Gasteiger partial charge in [-0.05, 0) is 95.8 Å². The Morgan fingerprint density at radius 3 is 1.59 bits per heavy atom. The molecule has 0 fully saturated rings. The highest BCUT2D eigenvalue weighted by Crippen LogP contribution is 2.28. The Bertz CT molecular complexity index is 1610. The number of rotatable bonds is 11. The Balaban J connectivity index is 2.26. The summed E-state index contributed by atoms with van der Waals surface area (Å²) < 4.78 is 38.4. The number of hydrogen-bond acceptors (Lipinski definition) is 8. The van der Waals surface area contributed by atoms with Crippen molar-refractivity contribution in [1.29, 1.82) is 0 Å². The number of thiocarbonyl (C=S) groups is 2. The Morgan fingerprint density at radius 1 is 0.727 bits per heavy atom. The highest BCUT2D eigenvalue weighted by Gasteiger charge is 2.14. The molecule has 0 heterocycles. The molecule has 3 rings (SSSR count). The van der Waals surface area contributed by atoms with Gasteiger partial charge in [-0.15, -0.1) is 0 Å². The lowest BCUT2D eigenvalue weighted by Crippen LogP contribution is -2.28. The van der Waals surface area contributed by atoms with Crippen LogP contribution < -0.4 is 31.8 Å². The van der Waals surface area contributed by atoms with E-state index in [0.717, 1.165) is 12.1 Å². The standard InChI is InChI=1S/C30H28F2N6O4S2/c1-41-27-15-17(6-11-25(27)39)4-9-23(35-37-29(33)43)20(13-19-3-8-21(31)22(32)14-19)24(36-38-30(34)44)10-5-18-7-12-26(40)28(16-18)42-2/h3-16,39-40H,1-2H3,(H3,33,37,43)(H3,34,38,44)/b9-4+,10-5+,35-23+,36-24+. The first-order valence-corrected chi connectivity index (χ1v) is 13.4. The second kappa shape index (κ2) is 15.8. The summed E-state index contributed by atoms with van der Waals surface area (Å²) in [6.07, 6.45) is 7.92. The molecule has 0 saturated carbocycles. The van der Waals surface area contributed by atoms with E-state index in [9.17, 15) is 19.0 Å². The summed E-state index contributed by atoms with van der Waals surface area (Å²) in [5, 5.41) is 28.3. The van der Waals surface area contributed by atoms with Crippen LogP contribution in [0.2, 0.25) is 0 Å². The summed E-state index contributed by atoms with van der Waals surface area (Å²) >= 11 is 9.89. The summed E-state index contributed by atoms with van der Waals surface area (Å²) in [5.41, 5.74) is 18.4. The molecule has 0 aliphatic carbocycles. The van der Waals surface area contributed by atoms with Crippen LogP contribution in [0.1, 0.15) is 16.7 Å². The van der Waals surface area contributed by atoms with Gasteiger partial charge in [-0.2, -0.15) is 10.2 Å². The second-order valence-electron chi connectivity index (χ2n) is 8.71. The number of hydrazone groups is 2. The summed E-state index contributed by atoms with van der Waals surface area (Å²) in [6, 6.07) is 12.7. The molecule has 0 aliphatic heterocycles. The van der Waals surface area contributed by atoms with Crippen molar-refractivity contribution in [2.45, 2.75) is 0 Å². The molecule has 3 aromatic carbocycles. The zero-order chi connectivity index (χ0) is 32.2. The van der Waals surface area contributed by atoms with Crippen LogP contribution in [-0.4, -0.2) is 46.1 Å². The first-order valence-electron chi connectivity index (χ1n) is 12.5. The van der Waals surface area contributed by atoms with Crippen LogP contribution >= 0.6 is 24.4 Å². The quantitative estimate of drug-likeness (QED) is 0.0997. The van der Waals surface area contributed by atoms with Crippen LogP contribution in [0.4, 0.5) is 8.78 Å². The lowest BCUT2D eigenvalue weighted by molar-refractivity contribution is 0.373. The van der Waals surface area contributed by atoms with E-state index in [1.54, 1.807) is 48.6 Å². The molecule has 44 heavy (non-hydrogen) atoms. The molecule has 8 N–H and O–H groups in total. The van der Waals surface area contributed by atoms with Crippen molar-refractivity contribution < 1.29 is 28.5 Å². The number of phenolic OH excluding ortho intramolecular Hbond substituents is 2. The van der Waals surface area contributed by atoms with E-state index in [0.29, 0.717) is 11.1 Å². The lowest BCUT2D eigenvalue weighted by atomic mass is 9.99. The topological polar surface area (TPSA) is 160 Å². The molecule has 0 unspecified atom stereocenters. The predicted octanol–water partition coefficient (Wildman–Crippen LogP) is 4.58. The molecule has 0 saturated heterocycles. The molecule has 10 nitrogen and oxygen atoms in total. The fourth-order valence-electron chi connectivity index (χ4n) is 3.60. The Labute approximate surface area is 262 Å². The summed E-state index contributed by atoms with van der Waals surface area (Å²) in [6.45, 7) is 0. The molecule has 228 valence electrons. The molecule has 0 spiro atoms. The van der Waals surface area contributed by atoms with Gasteiger partial charge in [-0.3, -0.25) is 10.9 Å². The molecular formula is C30H28F2N6O4S2. The van der Waals surface area contributed by atoms with Gasteiger partial charge in [-0.1, -0.05) is 30.4 Å². The third kappa shape index (κ3) is 9.61. The molecule has 0 bridgehead atoms. The van der Waals surface area contributed by atoms with E-state index in [4.69, 9.17) is 45.4 Å². The minimum Gasteiger partial charge on any atom is -0.504 e. The van der Waals surface area contributed by atoms with E-state index in [1.807, 2.05) is 0 Å². The normalized spacial score (nSPS) is 11.8. The SMILES string of the molecule is COc1cc(/C=C/C(=N\NC(N)=S)C(=Cc2ccc(F)c(F)c2)C(/C=C/c2ccc(O)c(OC)c2)=N/NC(N)=S)ccc1O. The highest BCUT2D eigenvalue weighted by molar-refractivity contribution is 7.80. The second-order valence-corrected chi connectivity index (χ2v) is 9.59. The number of aromatic hydroxyl groups is 2. The zero-order valence-electron chi connectivity index (χ0n) is 23.4. The first-order chi connectivity index (χ1) is 21.0. The van der Waals surface area contributed by atoms with Crippen LogP contribution in [0.5, 0.6) is 23.0 Å². The third-order valence-electron chi connectivity index (χ3n) is 5.65. The van der Waals surface area contributed by atoms with Crippen LogP contribution in [-0.2, 0) is 0 Å². The van der Waals surface area contributed by atoms with Crippen molar-refractivity contribution in [3.8, 4) is 23.0 Å². The van der Waals surface area contributed by atoms with E-state index in [-0.39, 0.29) is 55.8 Å². The number of halogens is 2. The maximum Gasteiger partial charge on any atom is 0.184 e. The van der Waals surface area contributed by atoms with Crippen LogP contribution in [0.25, 0.3) is 18.2 Å². The number of nitrogens with two attached hydrogens (primary N) is 2. The number of benzene rings is 3. The number of methoxy groups -OCH3 is 2. The molecule has 0 aliphatic rings. The highest BCUT2D eigenvalue weighted by atomic mass is 32.1. The van der Waals surface area contributed by atoms with Crippen LogP contribution in [0.3, 0.4) is 0 Å². The van der Waals surface area contributed by atoms with E-state index in [1.165, 1.54) is 38.5 Å². The molecule has 0 atom stereocenters. The lowest BCUT2D eigenvalue weighted by Gasteiger charge is -2.11.